The lowest BCUT2D eigenvalue weighted by Crippen LogP contribution is -2.40. The molecule has 51 heavy (non-hydrogen) atoms. The van der Waals surface area contributed by atoms with Crippen molar-refractivity contribution in [3.05, 3.63) is 125 Å². The van der Waals surface area contributed by atoms with Crippen molar-refractivity contribution >= 4 is 45.8 Å². The molecule has 0 amide bonds. The second-order valence-corrected chi connectivity index (χ2v) is 13.5. The number of benzene rings is 4. The SMILES string of the molecule is CCOC(=O)C1=C(C)N=c2s/c(=C\c3cc(Cl)c(OCc4cccc5ccccc45)c(OCC)c3)c(=O)n2[C@@H]1c1ccc(OC(C)C)c(OC)c1. The highest BCUT2D eigenvalue weighted by Gasteiger charge is 2.34. The molecule has 5 aromatic rings. The molecule has 0 saturated carbocycles. The molecule has 0 N–H and O–H groups in total. The number of hydrogen-bond acceptors (Lipinski definition) is 9. The second kappa shape index (κ2) is 15.4. The largest absolute Gasteiger partial charge is 0.493 e. The van der Waals surface area contributed by atoms with Crippen LogP contribution in [0.1, 0.15) is 57.4 Å². The van der Waals surface area contributed by atoms with E-state index in [4.69, 9.17) is 40.3 Å². The molecule has 4 aromatic carbocycles. The van der Waals surface area contributed by atoms with Crippen LogP contribution in [0.25, 0.3) is 16.8 Å². The molecule has 0 fully saturated rings. The van der Waals surface area contributed by atoms with Crippen molar-refractivity contribution in [1.82, 2.24) is 4.57 Å². The minimum Gasteiger partial charge on any atom is -0.493 e. The van der Waals surface area contributed by atoms with Gasteiger partial charge in [-0.25, -0.2) is 9.79 Å². The molecule has 0 spiro atoms. The number of ether oxygens (including phenoxy) is 5. The fourth-order valence-corrected chi connectivity index (χ4v) is 7.43. The van der Waals surface area contributed by atoms with Gasteiger partial charge in [0.15, 0.2) is 27.8 Å². The van der Waals surface area contributed by atoms with E-state index >= 15 is 0 Å². The minimum absolute atomic E-state index is 0.0822. The predicted octanol–water partition coefficient (Wildman–Crippen LogP) is 7.38. The number of hydrogen-bond donors (Lipinski definition) is 0. The summed E-state index contributed by atoms with van der Waals surface area (Å²) in [6.07, 6.45) is 1.66. The molecule has 1 aliphatic rings. The number of rotatable bonds is 12. The standard InChI is InChI=1S/C40H39ClN2O7S/c1-7-47-33-19-25(18-30(41)37(33)49-22-28-14-11-13-26-12-9-10-15-29(26)28)20-34-38(44)43-36(27-16-17-31(50-23(3)4)32(21-27)46-6)35(39(45)48-8-2)24(5)42-40(43)51-34/h9-21,23,36H,7-8,22H2,1-6H3/b34-20-/t36-/m1/s1. The maximum Gasteiger partial charge on any atom is 0.338 e. The van der Waals surface area contributed by atoms with Crippen molar-refractivity contribution in [3.63, 3.8) is 0 Å². The van der Waals surface area contributed by atoms with Gasteiger partial charge in [0.2, 0.25) is 0 Å². The fraction of sp³-hybridized carbons (Fsp3) is 0.275. The number of nitrogens with zero attached hydrogens (tertiary/aromatic N) is 2. The van der Waals surface area contributed by atoms with Crippen molar-refractivity contribution < 1.29 is 28.5 Å². The number of aromatic nitrogens is 1. The molecule has 2 heterocycles. The van der Waals surface area contributed by atoms with Gasteiger partial charge >= 0.3 is 5.97 Å². The Bertz CT molecular complexity index is 2320. The third-order valence-electron chi connectivity index (χ3n) is 8.26. The zero-order valence-electron chi connectivity index (χ0n) is 29.3. The van der Waals surface area contributed by atoms with Gasteiger partial charge in [-0.05, 0) is 92.4 Å². The Morgan fingerprint density at radius 1 is 0.980 bits per heavy atom. The van der Waals surface area contributed by atoms with Crippen molar-refractivity contribution in [1.29, 1.82) is 0 Å². The smallest absolute Gasteiger partial charge is 0.338 e. The molecule has 1 aliphatic heterocycles. The van der Waals surface area contributed by atoms with Crippen LogP contribution in [-0.4, -0.2) is 37.0 Å². The van der Waals surface area contributed by atoms with Gasteiger partial charge in [0.25, 0.3) is 5.56 Å². The number of esters is 1. The molecule has 0 bridgehead atoms. The lowest BCUT2D eigenvalue weighted by atomic mass is 9.95. The summed E-state index contributed by atoms with van der Waals surface area (Å²) in [5, 5.41) is 2.56. The number of carbonyl (C=O) groups is 1. The van der Waals surface area contributed by atoms with Crippen LogP contribution in [0.3, 0.4) is 0 Å². The van der Waals surface area contributed by atoms with E-state index in [0.717, 1.165) is 16.3 Å². The maximum atomic E-state index is 14.3. The third-order valence-corrected chi connectivity index (χ3v) is 9.53. The quantitative estimate of drug-likeness (QED) is 0.124. The lowest BCUT2D eigenvalue weighted by Gasteiger charge is -2.25. The number of allylic oxidation sites excluding steroid dienone is 1. The van der Waals surface area contributed by atoms with Gasteiger partial charge in [-0.3, -0.25) is 9.36 Å². The second-order valence-electron chi connectivity index (χ2n) is 12.1. The Hall–Kier alpha value is -5.06. The molecule has 1 atom stereocenters. The third kappa shape index (κ3) is 7.38. The maximum absolute atomic E-state index is 14.3. The van der Waals surface area contributed by atoms with Crippen LogP contribution >= 0.6 is 22.9 Å². The first-order chi connectivity index (χ1) is 24.6. The normalized spacial score (nSPS) is 14.4. The highest BCUT2D eigenvalue weighted by atomic mass is 35.5. The zero-order chi connectivity index (χ0) is 36.2. The minimum atomic E-state index is -0.822. The Morgan fingerprint density at radius 3 is 2.51 bits per heavy atom. The first kappa shape index (κ1) is 35.8. The first-order valence-corrected chi connectivity index (χ1v) is 17.9. The molecule has 0 aliphatic carbocycles. The molecule has 6 rings (SSSR count). The summed E-state index contributed by atoms with van der Waals surface area (Å²) in [5.41, 5.74) is 2.70. The monoisotopic (exact) mass is 726 g/mol. The van der Waals surface area contributed by atoms with Crippen LogP contribution < -0.4 is 33.8 Å². The van der Waals surface area contributed by atoms with E-state index in [0.29, 0.717) is 60.8 Å². The van der Waals surface area contributed by atoms with Gasteiger partial charge in [-0.2, -0.15) is 0 Å². The summed E-state index contributed by atoms with van der Waals surface area (Å²) in [6.45, 7) is 10.1. The summed E-state index contributed by atoms with van der Waals surface area (Å²) < 4.78 is 31.2. The van der Waals surface area contributed by atoms with E-state index in [9.17, 15) is 9.59 Å². The predicted molar refractivity (Wildman–Crippen MR) is 200 cm³/mol. The van der Waals surface area contributed by atoms with Crippen LogP contribution in [0.15, 0.2) is 93.9 Å². The van der Waals surface area contributed by atoms with Crippen LogP contribution in [0.5, 0.6) is 23.0 Å². The van der Waals surface area contributed by atoms with Crippen molar-refractivity contribution in [2.45, 2.75) is 53.4 Å². The lowest BCUT2D eigenvalue weighted by molar-refractivity contribution is -0.139. The van der Waals surface area contributed by atoms with E-state index in [1.54, 1.807) is 51.3 Å². The average molecular weight is 727 g/mol. The molecular formula is C40H39ClN2O7S. The number of thiazole rings is 1. The molecule has 1 aromatic heterocycles. The van der Waals surface area contributed by atoms with Crippen molar-refractivity contribution in [3.8, 4) is 23.0 Å². The van der Waals surface area contributed by atoms with E-state index < -0.39 is 12.0 Å². The first-order valence-electron chi connectivity index (χ1n) is 16.7. The Labute approximate surface area is 305 Å². The molecule has 0 unspecified atom stereocenters. The summed E-state index contributed by atoms with van der Waals surface area (Å²) in [7, 11) is 1.55. The van der Waals surface area contributed by atoms with Crippen LogP contribution in [-0.2, 0) is 16.1 Å². The van der Waals surface area contributed by atoms with Gasteiger partial charge in [0, 0.05) is 0 Å². The van der Waals surface area contributed by atoms with E-state index in [2.05, 4.69) is 18.2 Å². The molecule has 0 saturated heterocycles. The molecule has 264 valence electrons. The van der Waals surface area contributed by atoms with E-state index in [-0.39, 0.29) is 30.5 Å². The van der Waals surface area contributed by atoms with Crippen LogP contribution in [0, 0.1) is 0 Å². The zero-order valence-corrected chi connectivity index (χ0v) is 30.9. The van der Waals surface area contributed by atoms with E-state index in [1.165, 1.54) is 15.9 Å². The van der Waals surface area contributed by atoms with E-state index in [1.807, 2.05) is 51.1 Å². The summed E-state index contributed by atoms with van der Waals surface area (Å²) >= 11 is 8.05. The van der Waals surface area contributed by atoms with Crippen molar-refractivity contribution in [2.24, 2.45) is 4.99 Å². The van der Waals surface area contributed by atoms with Crippen LogP contribution in [0.4, 0.5) is 0 Å². The summed E-state index contributed by atoms with van der Waals surface area (Å²) in [6, 6.07) is 22.3. The van der Waals surface area contributed by atoms with Crippen LogP contribution in [0.2, 0.25) is 5.02 Å². The number of halogens is 1. The van der Waals surface area contributed by atoms with Gasteiger partial charge in [0.1, 0.15) is 6.61 Å². The summed E-state index contributed by atoms with van der Waals surface area (Å²) in [5.74, 6) is 1.35. The fourth-order valence-electron chi connectivity index (χ4n) is 6.11. The molecule has 11 heteroatoms. The molecule has 0 radical (unpaired) electrons. The highest BCUT2D eigenvalue weighted by molar-refractivity contribution is 7.07. The Morgan fingerprint density at radius 2 is 1.76 bits per heavy atom. The average Bonchev–Trinajstić information content (AvgIpc) is 3.40. The summed E-state index contributed by atoms with van der Waals surface area (Å²) in [4.78, 5) is 32.8. The number of methoxy groups -OCH3 is 1. The van der Waals surface area contributed by atoms with Gasteiger partial charge in [-0.15, -0.1) is 0 Å². The topological polar surface area (TPSA) is 97.6 Å². The Balaban J connectivity index is 1.42. The Kier molecular flexibility index (Phi) is 10.8. The number of fused-ring (bicyclic) bond motifs is 2. The molecular weight excluding hydrogens is 688 g/mol. The molecule has 9 nitrogen and oxygen atoms in total. The van der Waals surface area contributed by atoms with Crippen molar-refractivity contribution in [2.75, 3.05) is 20.3 Å². The highest BCUT2D eigenvalue weighted by Crippen LogP contribution is 2.39. The van der Waals surface area contributed by atoms with Gasteiger partial charge in [0.05, 0.1) is 53.3 Å². The van der Waals surface area contributed by atoms with Gasteiger partial charge < -0.3 is 23.7 Å². The van der Waals surface area contributed by atoms with Gasteiger partial charge in [-0.1, -0.05) is 71.5 Å². The number of carbonyl (C=O) groups excluding carboxylic acids is 1.